The van der Waals surface area contributed by atoms with Gasteiger partial charge >= 0.3 is 6.09 Å². The van der Waals surface area contributed by atoms with Crippen LogP contribution in [0.2, 0.25) is 0 Å². The van der Waals surface area contributed by atoms with Gasteiger partial charge in [-0.15, -0.1) is 0 Å². The van der Waals surface area contributed by atoms with Gasteiger partial charge in [-0.05, 0) is 36.8 Å². The highest BCUT2D eigenvalue weighted by Crippen LogP contribution is 2.51. The van der Waals surface area contributed by atoms with Crippen molar-refractivity contribution in [3.63, 3.8) is 0 Å². The van der Waals surface area contributed by atoms with Crippen LogP contribution in [0.15, 0.2) is 59.7 Å². The number of hydrazone groups is 1. The molecule has 2 aromatic carbocycles. The maximum Gasteiger partial charge on any atom is 0.416 e. The van der Waals surface area contributed by atoms with Gasteiger partial charge in [0, 0.05) is 5.92 Å². The van der Waals surface area contributed by atoms with Gasteiger partial charge in [-0.2, -0.15) is 10.1 Å². The number of nitrogens with one attached hydrogen (secondary N) is 1. The molecule has 3 aliphatic rings. The fourth-order valence-corrected chi connectivity index (χ4v) is 5.40. The Labute approximate surface area is 201 Å². The number of anilines is 1. The highest BCUT2D eigenvalue weighted by atomic mass is 32.1. The lowest BCUT2D eigenvalue weighted by atomic mass is 9.68. The minimum atomic E-state index is -1.39. The Hall–Kier alpha value is -3.79. The molecule has 3 atom stereocenters. The number of cyclic esters (lactones) is 1. The van der Waals surface area contributed by atoms with Gasteiger partial charge in [0.2, 0.25) is 0 Å². The van der Waals surface area contributed by atoms with Crippen molar-refractivity contribution in [2.24, 2.45) is 10.5 Å². The Morgan fingerprint density at radius 1 is 1.18 bits per heavy atom. The van der Waals surface area contributed by atoms with E-state index in [2.05, 4.69) is 10.4 Å². The first-order valence-corrected chi connectivity index (χ1v) is 11.2. The van der Waals surface area contributed by atoms with E-state index < -0.39 is 29.4 Å². The molecule has 0 radical (unpaired) electrons. The number of amides is 3. The summed E-state index contributed by atoms with van der Waals surface area (Å²) in [6.07, 6.45) is -0.707. The molecular formula is C24H22N4O5S. The molecule has 0 unspecified atom stereocenters. The molecule has 2 aromatic rings. The van der Waals surface area contributed by atoms with E-state index in [4.69, 9.17) is 21.7 Å². The summed E-state index contributed by atoms with van der Waals surface area (Å²) in [5.74, 6) is -0.960. The summed E-state index contributed by atoms with van der Waals surface area (Å²) in [6, 6.07) is 15.2. The van der Waals surface area contributed by atoms with Gasteiger partial charge in [0.15, 0.2) is 5.41 Å². The van der Waals surface area contributed by atoms with Gasteiger partial charge in [-0.1, -0.05) is 42.5 Å². The molecule has 34 heavy (non-hydrogen) atoms. The number of nitrogens with zero attached hydrogens (tertiary/aromatic N) is 3. The van der Waals surface area contributed by atoms with Crippen molar-refractivity contribution in [3.05, 3.63) is 60.2 Å². The molecule has 0 saturated carbocycles. The van der Waals surface area contributed by atoms with Crippen molar-refractivity contribution in [3.8, 4) is 5.75 Å². The SMILES string of the molecule is COc1ccc([C@H]2[C@@H](C(=O)N3CCOC3=O)NC(=S)[C@]23C(=O)N(c2ccccc2)N=C3C)cc1. The van der Waals surface area contributed by atoms with Crippen molar-refractivity contribution < 1.29 is 23.9 Å². The molecule has 3 heterocycles. The van der Waals surface area contributed by atoms with Crippen LogP contribution in [0.4, 0.5) is 10.5 Å². The first-order valence-electron chi connectivity index (χ1n) is 10.8. The van der Waals surface area contributed by atoms with Crippen LogP contribution in [0.3, 0.4) is 0 Å². The fourth-order valence-electron chi connectivity index (χ4n) is 4.91. The number of carbonyl (C=O) groups is 3. The van der Waals surface area contributed by atoms with E-state index in [1.54, 1.807) is 50.4 Å². The van der Waals surface area contributed by atoms with E-state index in [1.165, 1.54) is 5.01 Å². The fraction of sp³-hybridized carbons (Fsp3) is 0.292. The molecule has 9 nitrogen and oxygen atoms in total. The molecule has 5 rings (SSSR count). The van der Waals surface area contributed by atoms with Crippen molar-refractivity contribution in [2.45, 2.75) is 18.9 Å². The second-order valence-corrected chi connectivity index (χ2v) is 8.66. The Morgan fingerprint density at radius 2 is 1.88 bits per heavy atom. The molecule has 2 fully saturated rings. The molecule has 1 N–H and O–H groups in total. The molecule has 0 aliphatic carbocycles. The zero-order valence-electron chi connectivity index (χ0n) is 18.6. The summed E-state index contributed by atoms with van der Waals surface area (Å²) >= 11 is 5.72. The average Bonchev–Trinajstić information content (AvgIpc) is 3.50. The lowest BCUT2D eigenvalue weighted by Gasteiger charge is -2.31. The highest BCUT2D eigenvalue weighted by Gasteiger charge is 2.66. The summed E-state index contributed by atoms with van der Waals surface area (Å²) in [5, 5.41) is 8.97. The Balaban J connectivity index is 1.63. The van der Waals surface area contributed by atoms with Crippen LogP contribution in [-0.2, 0) is 14.3 Å². The topological polar surface area (TPSA) is 101 Å². The van der Waals surface area contributed by atoms with Crippen LogP contribution in [0.1, 0.15) is 18.4 Å². The second kappa shape index (κ2) is 8.21. The second-order valence-electron chi connectivity index (χ2n) is 8.25. The lowest BCUT2D eigenvalue weighted by molar-refractivity contribution is -0.130. The van der Waals surface area contributed by atoms with Crippen LogP contribution in [-0.4, -0.2) is 59.8 Å². The third-order valence-corrected chi connectivity index (χ3v) is 7.00. The molecular weight excluding hydrogens is 456 g/mol. The normalized spacial score (nSPS) is 26.1. The smallest absolute Gasteiger partial charge is 0.416 e. The minimum absolute atomic E-state index is 0.126. The van der Waals surface area contributed by atoms with E-state index in [9.17, 15) is 14.4 Å². The largest absolute Gasteiger partial charge is 0.497 e. The number of ether oxygens (including phenoxy) is 2. The zero-order valence-corrected chi connectivity index (χ0v) is 19.4. The Morgan fingerprint density at radius 3 is 2.50 bits per heavy atom. The predicted molar refractivity (Wildman–Crippen MR) is 128 cm³/mol. The number of carbonyl (C=O) groups excluding carboxylic acids is 3. The summed E-state index contributed by atoms with van der Waals surface area (Å²) in [6.45, 7) is 2.01. The summed E-state index contributed by atoms with van der Waals surface area (Å²) < 4.78 is 10.2. The van der Waals surface area contributed by atoms with E-state index in [-0.39, 0.29) is 24.0 Å². The summed E-state index contributed by atoms with van der Waals surface area (Å²) in [7, 11) is 1.56. The number of methoxy groups -OCH3 is 1. The molecule has 0 aromatic heterocycles. The molecule has 2 saturated heterocycles. The lowest BCUT2D eigenvalue weighted by Crippen LogP contribution is -2.49. The quantitative estimate of drug-likeness (QED) is 0.674. The van der Waals surface area contributed by atoms with Crippen LogP contribution < -0.4 is 15.1 Å². The van der Waals surface area contributed by atoms with Crippen LogP contribution >= 0.6 is 12.2 Å². The summed E-state index contributed by atoms with van der Waals surface area (Å²) in [5.41, 5.74) is 0.373. The van der Waals surface area contributed by atoms with Gasteiger partial charge in [-0.3, -0.25) is 9.59 Å². The Kier molecular flexibility index (Phi) is 5.32. The van der Waals surface area contributed by atoms with Crippen LogP contribution in [0, 0.1) is 5.41 Å². The van der Waals surface area contributed by atoms with Gasteiger partial charge in [0.1, 0.15) is 18.4 Å². The highest BCUT2D eigenvalue weighted by molar-refractivity contribution is 7.80. The van der Waals surface area contributed by atoms with E-state index in [1.807, 2.05) is 18.2 Å². The first kappa shape index (κ1) is 22.0. The minimum Gasteiger partial charge on any atom is -0.497 e. The maximum absolute atomic E-state index is 14.1. The van der Waals surface area contributed by atoms with Gasteiger partial charge in [0.05, 0.1) is 30.0 Å². The number of rotatable bonds is 4. The van der Waals surface area contributed by atoms with Crippen LogP contribution in [0.25, 0.3) is 0 Å². The number of thiocarbonyl (C=S) groups is 1. The molecule has 3 amide bonds. The van der Waals surface area contributed by atoms with Gasteiger partial charge in [0.25, 0.3) is 11.8 Å². The molecule has 3 aliphatic heterocycles. The van der Waals surface area contributed by atoms with Crippen molar-refractivity contribution in [1.29, 1.82) is 0 Å². The first-order chi connectivity index (χ1) is 16.4. The molecule has 174 valence electrons. The predicted octanol–water partition coefficient (Wildman–Crippen LogP) is 2.47. The molecule has 1 spiro atoms. The summed E-state index contributed by atoms with van der Waals surface area (Å²) in [4.78, 5) is 41.0. The monoisotopic (exact) mass is 478 g/mol. The number of hydrogen-bond acceptors (Lipinski definition) is 7. The maximum atomic E-state index is 14.1. The number of imide groups is 1. The van der Waals surface area contributed by atoms with Crippen molar-refractivity contribution >= 4 is 46.5 Å². The van der Waals surface area contributed by atoms with Crippen molar-refractivity contribution in [2.75, 3.05) is 25.3 Å². The van der Waals surface area contributed by atoms with Crippen LogP contribution in [0.5, 0.6) is 5.75 Å². The van der Waals surface area contributed by atoms with Crippen molar-refractivity contribution in [1.82, 2.24) is 10.2 Å². The number of benzene rings is 2. The third kappa shape index (κ3) is 3.09. The van der Waals surface area contributed by atoms with Gasteiger partial charge < -0.3 is 14.8 Å². The zero-order chi connectivity index (χ0) is 24.0. The van der Waals surface area contributed by atoms with E-state index >= 15 is 0 Å². The molecule has 10 heteroatoms. The number of para-hydroxylation sites is 1. The van der Waals surface area contributed by atoms with E-state index in [0.717, 1.165) is 4.90 Å². The standard InChI is InChI=1S/C24H22N4O5S/c1-14-24(22(30)28(26-14)16-6-4-3-5-7-16)18(15-8-10-17(32-2)11-9-15)19(25-21(24)34)20(29)27-12-13-33-23(27)31/h3-11,18-19H,12-13H2,1-2H3,(H,25,34)/t18-,19-,24+/m0/s1. The van der Waals surface area contributed by atoms with Gasteiger partial charge in [-0.25, -0.2) is 9.69 Å². The third-order valence-electron chi connectivity index (χ3n) is 6.56. The van der Waals surface area contributed by atoms with E-state index in [0.29, 0.717) is 22.7 Å². The Bertz CT molecular complexity index is 1220. The average molecular weight is 479 g/mol. The number of hydrogen-bond donors (Lipinski definition) is 1. The molecule has 0 bridgehead atoms.